The summed E-state index contributed by atoms with van der Waals surface area (Å²) in [5, 5.41) is 18.0. The molecule has 0 saturated carbocycles. The number of carbonyl (C=O) groups is 2. The molecular formula is C12H19N3O4. The van der Waals surface area contributed by atoms with Crippen molar-refractivity contribution in [2.75, 3.05) is 0 Å². The first-order valence-corrected chi connectivity index (χ1v) is 6.15. The van der Waals surface area contributed by atoms with Crippen molar-refractivity contribution in [3.63, 3.8) is 0 Å². The van der Waals surface area contributed by atoms with E-state index in [1.165, 1.54) is 0 Å². The minimum Gasteiger partial charge on any atom is -0.480 e. The number of carboxylic acid groups (broad SMARTS) is 1. The topological polar surface area (TPSA) is 104 Å². The minimum absolute atomic E-state index is 0.187. The molecule has 0 aromatic carbocycles. The van der Waals surface area contributed by atoms with Gasteiger partial charge < -0.3 is 20.3 Å². The Labute approximate surface area is 111 Å². The molecule has 1 aromatic heterocycles. The summed E-state index contributed by atoms with van der Waals surface area (Å²) in [6, 6.07) is 1.16. The highest BCUT2D eigenvalue weighted by molar-refractivity contribution is 5.86. The van der Waals surface area contributed by atoms with Crippen LogP contribution in [0, 0.1) is 6.92 Å². The largest absolute Gasteiger partial charge is 0.480 e. The fourth-order valence-corrected chi connectivity index (χ4v) is 1.72. The Kier molecular flexibility index (Phi) is 4.91. The van der Waals surface area contributed by atoms with Crippen LogP contribution in [0.2, 0.25) is 0 Å². The van der Waals surface area contributed by atoms with Crippen LogP contribution in [0.3, 0.4) is 0 Å². The normalized spacial score (nSPS) is 11.1. The van der Waals surface area contributed by atoms with E-state index in [2.05, 4.69) is 15.8 Å². The molecule has 0 spiro atoms. The number of nitrogens with zero attached hydrogens (tertiary/aromatic N) is 1. The summed E-state index contributed by atoms with van der Waals surface area (Å²) in [6.07, 6.45) is 0.630. The third-order valence-electron chi connectivity index (χ3n) is 3.08. The lowest BCUT2D eigenvalue weighted by atomic mass is 9.93. The summed E-state index contributed by atoms with van der Waals surface area (Å²) in [5.41, 5.74) is -0.648. The fraction of sp³-hybridized carbons (Fsp3) is 0.583. The van der Waals surface area contributed by atoms with Gasteiger partial charge in [0.1, 0.15) is 17.0 Å². The summed E-state index contributed by atoms with van der Waals surface area (Å²) >= 11 is 0. The number of amides is 2. The van der Waals surface area contributed by atoms with Crippen molar-refractivity contribution in [3.05, 3.63) is 17.5 Å². The first kappa shape index (κ1) is 15.0. The van der Waals surface area contributed by atoms with Gasteiger partial charge in [-0.05, 0) is 19.8 Å². The van der Waals surface area contributed by atoms with Gasteiger partial charge in [0.2, 0.25) is 0 Å². The third kappa shape index (κ3) is 3.70. The molecule has 0 aliphatic heterocycles. The van der Waals surface area contributed by atoms with Crippen LogP contribution in [0.25, 0.3) is 0 Å². The van der Waals surface area contributed by atoms with Gasteiger partial charge >= 0.3 is 12.0 Å². The van der Waals surface area contributed by atoms with Gasteiger partial charge in [0.15, 0.2) is 0 Å². The number of hydrogen-bond acceptors (Lipinski definition) is 4. The van der Waals surface area contributed by atoms with Crippen LogP contribution in [0.5, 0.6) is 0 Å². The van der Waals surface area contributed by atoms with Crippen LogP contribution >= 0.6 is 0 Å². The molecule has 0 atom stereocenters. The molecule has 0 saturated heterocycles. The maximum absolute atomic E-state index is 11.7. The summed E-state index contributed by atoms with van der Waals surface area (Å²) in [6.45, 7) is 5.38. The van der Waals surface area contributed by atoms with E-state index in [9.17, 15) is 14.7 Å². The smallest absolute Gasteiger partial charge is 0.329 e. The summed E-state index contributed by atoms with van der Waals surface area (Å²) in [5.74, 6) is -0.385. The van der Waals surface area contributed by atoms with Gasteiger partial charge in [-0.1, -0.05) is 19.0 Å². The average molecular weight is 269 g/mol. The first-order valence-electron chi connectivity index (χ1n) is 6.15. The van der Waals surface area contributed by atoms with E-state index < -0.39 is 17.5 Å². The molecular weight excluding hydrogens is 250 g/mol. The van der Waals surface area contributed by atoms with E-state index in [1.54, 1.807) is 26.8 Å². The molecule has 0 fully saturated rings. The highest BCUT2D eigenvalue weighted by atomic mass is 16.5. The van der Waals surface area contributed by atoms with Crippen LogP contribution in [-0.4, -0.2) is 27.8 Å². The molecule has 19 heavy (non-hydrogen) atoms. The van der Waals surface area contributed by atoms with Gasteiger partial charge in [-0.15, -0.1) is 0 Å². The Hall–Kier alpha value is -2.05. The SMILES string of the molecule is CCC(CC)(NC(=O)NCc1cc(C)on1)C(=O)O. The number of rotatable bonds is 6. The molecule has 1 aromatic rings. The van der Waals surface area contributed by atoms with E-state index in [0.717, 1.165) is 0 Å². The Morgan fingerprint density at radius 2 is 2.05 bits per heavy atom. The monoisotopic (exact) mass is 269 g/mol. The van der Waals surface area contributed by atoms with E-state index in [0.29, 0.717) is 24.3 Å². The highest BCUT2D eigenvalue weighted by Gasteiger charge is 2.36. The number of nitrogens with one attached hydrogen (secondary N) is 2. The maximum atomic E-state index is 11.7. The van der Waals surface area contributed by atoms with Crippen molar-refractivity contribution in [2.45, 2.75) is 45.7 Å². The zero-order chi connectivity index (χ0) is 14.5. The molecule has 0 bridgehead atoms. The van der Waals surface area contributed by atoms with Crippen LogP contribution in [0.4, 0.5) is 4.79 Å². The lowest BCUT2D eigenvalue weighted by Gasteiger charge is -2.27. The second-order valence-electron chi connectivity index (χ2n) is 4.33. The van der Waals surface area contributed by atoms with Gasteiger partial charge in [0.25, 0.3) is 0 Å². The quantitative estimate of drug-likeness (QED) is 0.724. The first-order chi connectivity index (χ1) is 8.93. The number of hydrogen-bond donors (Lipinski definition) is 3. The lowest BCUT2D eigenvalue weighted by Crippen LogP contribution is -2.56. The lowest BCUT2D eigenvalue weighted by molar-refractivity contribution is -0.144. The Balaban J connectivity index is 2.56. The van der Waals surface area contributed by atoms with Crippen LogP contribution < -0.4 is 10.6 Å². The Bertz CT molecular complexity index is 452. The highest BCUT2D eigenvalue weighted by Crippen LogP contribution is 2.15. The van der Waals surface area contributed by atoms with Crippen molar-refractivity contribution in [3.8, 4) is 0 Å². The van der Waals surface area contributed by atoms with Crippen molar-refractivity contribution >= 4 is 12.0 Å². The number of carboxylic acids is 1. The number of urea groups is 1. The molecule has 0 unspecified atom stereocenters. The molecule has 0 aliphatic rings. The second kappa shape index (κ2) is 6.21. The summed E-state index contributed by atoms with van der Waals surface area (Å²) in [7, 11) is 0. The van der Waals surface area contributed by atoms with Gasteiger partial charge in [-0.3, -0.25) is 0 Å². The molecule has 7 nitrogen and oxygen atoms in total. The van der Waals surface area contributed by atoms with Crippen molar-refractivity contribution in [2.24, 2.45) is 0 Å². The van der Waals surface area contributed by atoms with E-state index in [1.807, 2.05) is 0 Å². The van der Waals surface area contributed by atoms with Crippen molar-refractivity contribution in [1.82, 2.24) is 15.8 Å². The molecule has 7 heteroatoms. The predicted molar refractivity (Wildman–Crippen MR) is 67.6 cm³/mol. The third-order valence-corrected chi connectivity index (χ3v) is 3.08. The zero-order valence-corrected chi connectivity index (χ0v) is 11.3. The van der Waals surface area contributed by atoms with Crippen molar-refractivity contribution in [1.29, 1.82) is 0 Å². The molecule has 3 N–H and O–H groups in total. The van der Waals surface area contributed by atoms with Crippen molar-refractivity contribution < 1.29 is 19.2 Å². The van der Waals surface area contributed by atoms with E-state index >= 15 is 0 Å². The molecule has 0 radical (unpaired) electrons. The molecule has 106 valence electrons. The van der Waals surface area contributed by atoms with E-state index in [4.69, 9.17) is 4.52 Å². The van der Waals surface area contributed by atoms with Crippen LogP contribution in [0.15, 0.2) is 10.6 Å². The van der Waals surface area contributed by atoms with Crippen LogP contribution in [-0.2, 0) is 11.3 Å². The molecule has 2 amide bonds. The van der Waals surface area contributed by atoms with Crippen LogP contribution in [0.1, 0.15) is 38.1 Å². The Morgan fingerprint density at radius 3 is 2.47 bits per heavy atom. The standard InChI is InChI=1S/C12H19N3O4/c1-4-12(5-2,10(16)17)14-11(18)13-7-9-6-8(3)19-15-9/h6H,4-5,7H2,1-3H3,(H,16,17)(H2,13,14,18). The zero-order valence-electron chi connectivity index (χ0n) is 11.3. The van der Waals surface area contributed by atoms with E-state index in [-0.39, 0.29) is 6.54 Å². The number of aromatic nitrogens is 1. The number of aryl methyl sites for hydroxylation is 1. The summed E-state index contributed by atoms with van der Waals surface area (Å²) < 4.78 is 4.86. The van der Waals surface area contributed by atoms with Gasteiger partial charge in [0.05, 0.1) is 6.54 Å². The second-order valence-corrected chi connectivity index (χ2v) is 4.33. The van der Waals surface area contributed by atoms with Gasteiger partial charge in [-0.25, -0.2) is 9.59 Å². The average Bonchev–Trinajstić information content (AvgIpc) is 2.79. The molecule has 1 rings (SSSR count). The fourth-order valence-electron chi connectivity index (χ4n) is 1.72. The summed E-state index contributed by atoms with van der Waals surface area (Å²) in [4.78, 5) is 22.9. The maximum Gasteiger partial charge on any atom is 0.329 e. The number of aliphatic carboxylic acids is 1. The van der Waals surface area contributed by atoms with Gasteiger partial charge in [-0.2, -0.15) is 0 Å². The predicted octanol–water partition coefficient (Wildman–Crippen LogP) is 1.43. The molecule has 0 aliphatic carbocycles. The minimum atomic E-state index is -1.23. The molecule has 1 heterocycles. The Morgan fingerprint density at radius 1 is 1.42 bits per heavy atom. The number of carbonyl (C=O) groups excluding carboxylic acids is 1. The van der Waals surface area contributed by atoms with Gasteiger partial charge in [0, 0.05) is 6.07 Å².